The Labute approximate surface area is 176 Å². The van der Waals surface area contributed by atoms with Crippen LogP contribution in [0.4, 0.5) is 0 Å². The molecule has 3 N–H and O–H groups in total. The van der Waals surface area contributed by atoms with E-state index in [0.717, 1.165) is 43.5 Å². The van der Waals surface area contributed by atoms with E-state index in [1.807, 2.05) is 0 Å². The lowest BCUT2D eigenvalue weighted by atomic mass is 10.1. The summed E-state index contributed by atoms with van der Waals surface area (Å²) in [5.74, 6) is 2.88. The van der Waals surface area contributed by atoms with Crippen molar-refractivity contribution in [3.05, 3.63) is 47.7 Å². The van der Waals surface area contributed by atoms with Gasteiger partial charge in [-0.3, -0.25) is 4.99 Å². The van der Waals surface area contributed by atoms with Crippen LogP contribution in [0, 0.1) is 0 Å². The van der Waals surface area contributed by atoms with Gasteiger partial charge in [-0.15, -0.1) is 34.2 Å². The van der Waals surface area contributed by atoms with Gasteiger partial charge in [0.05, 0.1) is 6.54 Å². The van der Waals surface area contributed by atoms with Gasteiger partial charge < -0.3 is 20.2 Å². The first-order valence-corrected chi connectivity index (χ1v) is 9.25. The van der Waals surface area contributed by atoms with E-state index in [4.69, 9.17) is 0 Å². The van der Waals surface area contributed by atoms with E-state index in [1.165, 1.54) is 29.3 Å². The first-order valence-electron chi connectivity index (χ1n) is 9.25. The fourth-order valence-electron chi connectivity index (χ4n) is 3.54. The number of H-pyrrole nitrogens is 1. The molecule has 3 heterocycles. The minimum absolute atomic E-state index is 0. The molecule has 1 aliphatic heterocycles. The number of aromatic amines is 1. The summed E-state index contributed by atoms with van der Waals surface area (Å²) in [6, 6.07) is 8.39. The van der Waals surface area contributed by atoms with Gasteiger partial charge in [0, 0.05) is 43.7 Å². The number of guanidine groups is 1. The first-order chi connectivity index (χ1) is 12.8. The number of rotatable bonds is 5. The van der Waals surface area contributed by atoms with Gasteiger partial charge >= 0.3 is 0 Å². The Morgan fingerprint density at radius 1 is 1.22 bits per heavy atom. The predicted molar refractivity (Wildman–Crippen MR) is 119 cm³/mol. The maximum atomic E-state index is 4.32. The lowest BCUT2D eigenvalue weighted by Crippen LogP contribution is -2.38. The number of hydrogen-bond acceptors (Lipinski definition) is 3. The van der Waals surface area contributed by atoms with Crippen molar-refractivity contribution in [2.75, 3.05) is 13.6 Å². The first kappa shape index (κ1) is 19.7. The molecule has 4 rings (SSSR count). The van der Waals surface area contributed by atoms with E-state index >= 15 is 0 Å². The second kappa shape index (κ2) is 9.20. The van der Waals surface area contributed by atoms with Gasteiger partial charge in [0.15, 0.2) is 11.8 Å². The Hall–Kier alpha value is -2.10. The average molecular weight is 479 g/mol. The van der Waals surface area contributed by atoms with Crippen molar-refractivity contribution in [3.8, 4) is 0 Å². The standard InChI is InChI=1S/C19H25N7.HI/c1-20-19(23-13-18-25-24-17-8-4-5-11-26(17)18)21-10-9-14-12-22-16-7-3-2-6-15(14)16;/h2-3,6-7,12,22H,4-5,8-11,13H2,1H3,(H2,20,21,23);1H. The Morgan fingerprint density at radius 3 is 3.00 bits per heavy atom. The molecule has 0 saturated carbocycles. The minimum atomic E-state index is 0. The number of hydrogen-bond donors (Lipinski definition) is 3. The van der Waals surface area contributed by atoms with Crippen LogP contribution in [-0.4, -0.2) is 39.3 Å². The number of aromatic nitrogens is 4. The maximum Gasteiger partial charge on any atom is 0.191 e. The fourth-order valence-corrected chi connectivity index (χ4v) is 3.54. The molecule has 0 unspecified atom stereocenters. The molecule has 2 aromatic heterocycles. The lowest BCUT2D eigenvalue weighted by Gasteiger charge is -2.16. The molecule has 0 saturated heterocycles. The van der Waals surface area contributed by atoms with Gasteiger partial charge in [-0.25, -0.2) is 0 Å². The third-order valence-corrected chi connectivity index (χ3v) is 4.94. The molecular formula is C19H26IN7. The van der Waals surface area contributed by atoms with E-state index in [-0.39, 0.29) is 24.0 Å². The van der Waals surface area contributed by atoms with Crippen LogP contribution >= 0.6 is 24.0 Å². The molecule has 1 aliphatic rings. The molecule has 0 radical (unpaired) electrons. The highest BCUT2D eigenvalue weighted by Crippen LogP contribution is 2.17. The largest absolute Gasteiger partial charge is 0.361 e. The zero-order chi connectivity index (χ0) is 17.8. The summed E-state index contributed by atoms with van der Waals surface area (Å²) >= 11 is 0. The fraction of sp³-hybridized carbons (Fsp3) is 0.421. The van der Waals surface area contributed by atoms with Crippen LogP contribution in [0.2, 0.25) is 0 Å². The van der Waals surface area contributed by atoms with Crippen molar-refractivity contribution in [1.82, 2.24) is 30.4 Å². The molecule has 3 aromatic rings. The van der Waals surface area contributed by atoms with Gasteiger partial charge in [0.25, 0.3) is 0 Å². The molecule has 0 amide bonds. The molecular weight excluding hydrogens is 453 g/mol. The summed E-state index contributed by atoms with van der Waals surface area (Å²) in [6.07, 6.45) is 6.47. The van der Waals surface area contributed by atoms with Crippen LogP contribution in [0.5, 0.6) is 0 Å². The normalized spacial score (nSPS) is 13.9. The van der Waals surface area contributed by atoms with E-state index in [0.29, 0.717) is 6.54 Å². The van der Waals surface area contributed by atoms with Gasteiger partial charge in [-0.1, -0.05) is 18.2 Å². The molecule has 144 valence electrons. The monoisotopic (exact) mass is 479 g/mol. The highest BCUT2D eigenvalue weighted by molar-refractivity contribution is 14.0. The summed E-state index contributed by atoms with van der Waals surface area (Å²) in [4.78, 5) is 7.63. The summed E-state index contributed by atoms with van der Waals surface area (Å²) in [7, 11) is 1.79. The quantitative estimate of drug-likeness (QED) is 0.299. The zero-order valence-electron chi connectivity index (χ0n) is 15.5. The van der Waals surface area contributed by atoms with Crippen molar-refractivity contribution in [3.63, 3.8) is 0 Å². The number of nitrogens with zero attached hydrogens (tertiary/aromatic N) is 4. The molecule has 0 atom stereocenters. The van der Waals surface area contributed by atoms with Crippen LogP contribution in [-0.2, 0) is 25.9 Å². The Kier molecular flexibility index (Phi) is 6.70. The van der Waals surface area contributed by atoms with Crippen LogP contribution in [0.3, 0.4) is 0 Å². The van der Waals surface area contributed by atoms with Gasteiger partial charge in [-0.2, -0.15) is 0 Å². The lowest BCUT2D eigenvalue weighted by molar-refractivity contribution is 0.504. The number of aliphatic imine (C=N–C) groups is 1. The van der Waals surface area contributed by atoms with E-state index < -0.39 is 0 Å². The van der Waals surface area contributed by atoms with Crippen molar-refractivity contribution in [1.29, 1.82) is 0 Å². The Balaban J connectivity index is 0.00000210. The highest BCUT2D eigenvalue weighted by Gasteiger charge is 2.15. The second-order valence-electron chi connectivity index (χ2n) is 6.60. The average Bonchev–Trinajstić information content (AvgIpc) is 3.29. The maximum absolute atomic E-state index is 4.32. The summed E-state index contributed by atoms with van der Waals surface area (Å²) in [5, 5.41) is 16.6. The summed E-state index contributed by atoms with van der Waals surface area (Å²) < 4.78 is 2.23. The number of para-hydroxylation sites is 1. The summed E-state index contributed by atoms with van der Waals surface area (Å²) in [5.41, 5.74) is 2.50. The van der Waals surface area contributed by atoms with Crippen LogP contribution in [0.15, 0.2) is 35.5 Å². The SMILES string of the molecule is CN=C(NCCc1c[nH]c2ccccc12)NCc1nnc2n1CCCC2.I. The van der Waals surface area contributed by atoms with Gasteiger partial charge in [0.2, 0.25) is 0 Å². The van der Waals surface area contributed by atoms with Crippen molar-refractivity contribution in [2.45, 2.75) is 38.8 Å². The smallest absolute Gasteiger partial charge is 0.191 e. The predicted octanol–water partition coefficient (Wildman–Crippen LogP) is 2.62. The Morgan fingerprint density at radius 2 is 2.11 bits per heavy atom. The second-order valence-corrected chi connectivity index (χ2v) is 6.60. The van der Waals surface area contributed by atoms with Crippen LogP contribution < -0.4 is 10.6 Å². The third kappa shape index (κ3) is 4.42. The van der Waals surface area contributed by atoms with E-state index in [9.17, 15) is 0 Å². The van der Waals surface area contributed by atoms with Gasteiger partial charge in [-0.05, 0) is 30.9 Å². The minimum Gasteiger partial charge on any atom is -0.361 e. The third-order valence-electron chi connectivity index (χ3n) is 4.94. The Bertz CT molecular complexity index is 912. The molecule has 1 aromatic carbocycles. The highest BCUT2D eigenvalue weighted by atomic mass is 127. The zero-order valence-corrected chi connectivity index (χ0v) is 17.9. The molecule has 0 bridgehead atoms. The van der Waals surface area contributed by atoms with Crippen LogP contribution in [0.1, 0.15) is 30.1 Å². The molecule has 7 nitrogen and oxygen atoms in total. The van der Waals surface area contributed by atoms with Crippen molar-refractivity contribution < 1.29 is 0 Å². The van der Waals surface area contributed by atoms with Gasteiger partial charge in [0.1, 0.15) is 5.82 Å². The van der Waals surface area contributed by atoms with E-state index in [2.05, 4.69) is 65.8 Å². The van der Waals surface area contributed by atoms with E-state index in [1.54, 1.807) is 7.05 Å². The number of benzene rings is 1. The number of fused-ring (bicyclic) bond motifs is 2. The van der Waals surface area contributed by atoms with Crippen molar-refractivity contribution in [2.24, 2.45) is 4.99 Å². The van der Waals surface area contributed by atoms with Crippen molar-refractivity contribution >= 4 is 40.8 Å². The molecule has 27 heavy (non-hydrogen) atoms. The molecule has 0 spiro atoms. The van der Waals surface area contributed by atoms with Crippen LogP contribution in [0.25, 0.3) is 10.9 Å². The number of halogens is 1. The number of nitrogens with one attached hydrogen (secondary N) is 3. The molecule has 0 aliphatic carbocycles. The topological polar surface area (TPSA) is 82.9 Å². The molecule has 0 fully saturated rings. The number of aryl methyl sites for hydroxylation is 1. The summed E-state index contributed by atoms with van der Waals surface area (Å²) in [6.45, 7) is 2.48. The molecule has 8 heteroatoms.